The van der Waals surface area contributed by atoms with Gasteiger partial charge in [0.15, 0.2) is 17.9 Å². The van der Waals surface area contributed by atoms with E-state index in [0.717, 1.165) is 11.4 Å². The van der Waals surface area contributed by atoms with Crippen LogP contribution in [0.4, 0.5) is 5.69 Å². The third-order valence-corrected chi connectivity index (χ3v) is 5.27. The van der Waals surface area contributed by atoms with Gasteiger partial charge in [-0.2, -0.15) is 13.0 Å². The van der Waals surface area contributed by atoms with Gasteiger partial charge in [-0.3, -0.25) is 4.79 Å². The van der Waals surface area contributed by atoms with E-state index in [1.54, 1.807) is 0 Å². The molecule has 0 aliphatic rings. The molecular weight excluding hydrogens is 366 g/mol. The highest BCUT2D eigenvalue weighted by molar-refractivity contribution is 7.90. The second kappa shape index (κ2) is 8.17. The van der Waals surface area contributed by atoms with E-state index in [9.17, 15) is 13.2 Å². The Morgan fingerprint density at radius 1 is 1.07 bits per heavy atom. The lowest BCUT2D eigenvalue weighted by molar-refractivity contribution is -0.707. The molecule has 0 saturated carbocycles. The standard InChI is InChI=1S/C18H23N5O3S/c1-12-10-13(2)23(14(3)11-12)9-8-17(24)21-15-4-6-16(7-5-15)27(25,26)22-18(19)20/h4-7,10-11H,8-9H2,1-3H3,(H4-,19,20,21,22,24)/p+1. The SMILES string of the molecule is Cc1cc(C)[n+](CCC(=O)Nc2ccc(S(=O)(=O)N=C(N)N)cc2)c(C)c1. The Labute approximate surface area is 159 Å². The largest absolute Gasteiger partial charge is 0.369 e. The minimum absolute atomic E-state index is 0.0599. The number of pyridine rings is 1. The van der Waals surface area contributed by atoms with Crippen molar-refractivity contribution >= 4 is 27.6 Å². The number of nitrogens with zero attached hydrogens (tertiary/aromatic N) is 2. The van der Waals surface area contributed by atoms with Crippen LogP contribution in [0.5, 0.6) is 0 Å². The van der Waals surface area contributed by atoms with E-state index in [0.29, 0.717) is 18.7 Å². The van der Waals surface area contributed by atoms with E-state index in [4.69, 9.17) is 11.5 Å². The summed E-state index contributed by atoms with van der Waals surface area (Å²) < 4.78 is 29.1. The van der Waals surface area contributed by atoms with Gasteiger partial charge >= 0.3 is 0 Å². The summed E-state index contributed by atoms with van der Waals surface area (Å²) in [5.41, 5.74) is 14.1. The molecule has 144 valence electrons. The third-order valence-electron chi connectivity index (χ3n) is 3.95. The molecule has 1 amide bonds. The van der Waals surface area contributed by atoms with Crippen LogP contribution in [0.15, 0.2) is 45.7 Å². The van der Waals surface area contributed by atoms with Crippen molar-refractivity contribution in [1.29, 1.82) is 0 Å². The molecule has 1 aromatic heterocycles. The molecule has 9 heteroatoms. The maximum atomic E-state index is 12.2. The average molecular weight is 390 g/mol. The third kappa shape index (κ3) is 5.52. The highest BCUT2D eigenvalue weighted by Gasteiger charge is 2.15. The van der Waals surface area contributed by atoms with Crippen molar-refractivity contribution in [2.24, 2.45) is 15.9 Å². The van der Waals surface area contributed by atoms with Gasteiger partial charge in [-0.25, -0.2) is 0 Å². The number of nitrogens with one attached hydrogen (secondary N) is 1. The van der Waals surface area contributed by atoms with Gasteiger partial charge in [-0.15, -0.1) is 4.40 Å². The van der Waals surface area contributed by atoms with E-state index < -0.39 is 16.0 Å². The number of carbonyl (C=O) groups is 1. The zero-order valence-corrected chi connectivity index (χ0v) is 16.4. The number of aromatic nitrogens is 1. The number of benzene rings is 1. The van der Waals surface area contributed by atoms with Crippen LogP contribution in [0.2, 0.25) is 0 Å². The van der Waals surface area contributed by atoms with Crippen molar-refractivity contribution in [3.05, 3.63) is 53.3 Å². The first-order valence-corrected chi connectivity index (χ1v) is 9.76. The molecule has 1 aromatic carbocycles. The lowest BCUT2D eigenvalue weighted by atomic mass is 10.2. The Hall–Kier alpha value is -2.94. The highest BCUT2D eigenvalue weighted by Crippen LogP contribution is 2.16. The van der Waals surface area contributed by atoms with Gasteiger partial charge in [0.25, 0.3) is 10.0 Å². The van der Waals surface area contributed by atoms with Gasteiger partial charge in [0, 0.05) is 31.7 Å². The first kappa shape index (κ1) is 20.4. The summed E-state index contributed by atoms with van der Waals surface area (Å²) in [6.45, 7) is 6.61. The average Bonchev–Trinajstić information content (AvgIpc) is 2.53. The van der Waals surface area contributed by atoms with Crippen LogP contribution in [-0.2, 0) is 21.4 Å². The van der Waals surface area contributed by atoms with Crippen LogP contribution in [0, 0.1) is 20.8 Å². The summed E-state index contributed by atoms with van der Waals surface area (Å²) in [6.07, 6.45) is 0.295. The zero-order valence-electron chi connectivity index (χ0n) is 15.6. The maximum absolute atomic E-state index is 12.2. The Morgan fingerprint density at radius 3 is 2.15 bits per heavy atom. The van der Waals surface area contributed by atoms with Crippen LogP contribution >= 0.6 is 0 Å². The molecule has 5 N–H and O–H groups in total. The number of sulfonamides is 1. The normalized spacial score (nSPS) is 11.1. The van der Waals surface area contributed by atoms with Gasteiger partial charge in [0.2, 0.25) is 11.9 Å². The maximum Gasteiger partial charge on any atom is 0.285 e. The molecule has 1 heterocycles. The molecule has 0 aliphatic heterocycles. The summed E-state index contributed by atoms with van der Waals surface area (Å²) in [6, 6.07) is 9.78. The van der Waals surface area contributed by atoms with Crippen molar-refractivity contribution in [2.45, 2.75) is 38.6 Å². The Balaban J connectivity index is 2.02. The molecule has 0 spiro atoms. The number of hydrogen-bond acceptors (Lipinski definition) is 3. The van der Waals surface area contributed by atoms with E-state index >= 15 is 0 Å². The molecule has 0 bridgehead atoms. The van der Waals surface area contributed by atoms with E-state index in [2.05, 4.69) is 26.4 Å². The number of rotatable bonds is 6. The number of carbonyl (C=O) groups excluding carboxylic acids is 1. The van der Waals surface area contributed by atoms with Crippen molar-refractivity contribution in [3.63, 3.8) is 0 Å². The number of guanidine groups is 1. The fraction of sp³-hybridized carbons (Fsp3) is 0.278. The Kier molecular flexibility index (Phi) is 6.17. The van der Waals surface area contributed by atoms with Gasteiger partial charge in [0.05, 0.1) is 11.3 Å². The van der Waals surface area contributed by atoms with Crippen molar-refractivity contribution < 1.29 is 17.8 Å². The predicted molar refractivity (Wildman–Crippen MR) is 104 cm³/mol. The molecule has 0 aliphatic carbocycles. The van der Waals surface area contributed by atoms with Crippen molar-refractivity contribution in [3.8, 4) is 0 Å². The van der Waals surface area contributed by atoms with E-state index in [-0.39, 0.29) is 10.8 Å². The number of amides is 1. The lowest BCUT2D eigenvalue weighted by Crippen LogP contribution is -2.41. The predicted octanol–water partition coefficient (Wildman–Crippen LogP) is 0.890. The molecular formula is C18H24N5O3S+. The summed E-state index contributed by atoms with van der Waals surface area (Å²) >= 11 is 0. The molecule has 0 saturated heterocycles. The minimum Gasteiger partial charge on any atom is -0.369 e. The van der Waals surface area contributed by atoms with Crippen molar-refractivity contribution in [2.75, 3.05) is 5.32 Å². The molecule has 27 heavy (non-hydrogen) atoms. The van der Waals surface area contributed by atoms with Gasteiger partial charge in [0.1, 0.15) is 0 Å². The molecule has 0 atom stereocenters. The Bertz CT molecular complexity index is 956. The molecule has 0 fully saturated rings. The molecule has 2 aromatic rings. The lowest BCUT2D eigenvalue weighted by Gasteiger charge is -2.07. The molecule has 0 unspecified atom stereocenters. The first-order valence-electron chi connectivity index (χ1n) is 8.32. The van der Waals surface area contributed by atoms with Crippen LogP contribution in [0.3, 0.4) is 0 Å². The molecule has 8 nitrogen and oxygen atoms in total. The van der Waals surface area contributed by atoms with Gasteiger partial charge in [-0.1, -0.05) is 0 Å². The van der Waals surface area contributed by atoms with E-state index in [1.807, 2.05) is 20.8 Å². The highest BCUT2D eigenvalue weighted by atomic mass is 32.2. The minimum atomic E-state index is -3.94. The summed E-state index contributed by atoms with van der Waals surface area (Å²) in [7, 11) is -3.94. The quantitative estimate of drug-likeness (QED) is 0.383. The van der Waals surface area contributed by atoms with Crippen LogP contribution in [0.1, 0.15) is 23.4 Å². The number of aryl methyl sites for hydroxylation is 3. The van der Waals surface area contributed by atoms with Gasteiger partial charge in [-0.05, 0) is 36.8 Å². The van der Waals surface area contributed by atoms with Crippen molar-refractivity contribution in [1.82, 2.24) is 0 Å². The van der Waals surface area contributed by atoms with Crippen LogP contribution < -0.4 is 21.4 Å². The summed E-state index contributed by atoms with van der Waals surface area (Å²) in [4.78, 5) is 12.1. The smallest absolute Gasteiger partial charge is 0.285 e. The van der Waals surface area contributed by atoms with Crippen LogP contribution in [-0.4, -0.2) is 20.3 Å². The number of anilines is 1. The summed E-state index contributed by atoms with van der Waals surface area (Å²) in [5, 5.41) is 2.75. The number of hydrogen-bond donors (Lipinski definition) is 3. The van der Waals surface area contributed by atoms with E-state index in [1.165, 1.54) is 29.8 Å². The number of nitrogens with two attached hydrogens (primary N) is 2. The monoisotopic (exact) mass is 390 g/mol. The molecule has 2 rings (SSSR count). The molecule has 0 radical (unpaired) electrons. The topological polar surface area (TPSA) is 132 Å². The zero-order chi connectivity index (χ0) is 20.2. The Morgan fingerprint density at radius 2 is 1.63 bits per heavy atom. The summed E-state index contributed by atoms with van der Waals surface area (Å²) in [5.74, 6) is -0.701. The fourth-order valence-electron chi connectivity index (χ4n) is 2.83. The van der Waals surface area contributed by atoms with Crippen LogP contribution in [0.25, 0.3) is 0 Å². The van der Waals surface area contributed by atoms with Gasteiger partial charge < -0.3 is 16.8 Å². The second-order valence-corrected chi connectivity index (χ2v) is 7.88. The second-order valence-electron chi connectivity index (χ2n) is 6.28. The fourth-order valence-corrected chi connectivity index (χ4v) is 3.69. The first-order chi connectivity index (χ1) is 12.6.